The SMILES string of the molecule is NN1CCC2[C@H](CCN2c2cc(OC(F)F)ccn2)C1. The average Bonchev–Trinajstić information content (AvgIpc) is 2.81. The van der Waals surface area contributed by atoms with Crippen LogP contribution in [0.3, 0.4) is 0 Å². The number of aromatic nitrogens is 1. The van der Waals surface area contributed by atoms with Crippen LogP contribution in [0.1, 0.15) is 12.8 Å². The molecule has 0 saturated carbocycles. The van der Waals surface area contributed by atoms with Crippen molar-refractivity contribution in [2.75, 3.05) is 24.5 Å². The van der Waals surface area contributed by atoms with Crippen LogP contribution >= 0.6 is 0 Å². The van der Waals surface area contributed by atoms with Gasteiger partial charge in [0, 0.05) is 37.9 Å². The standard InChI is InChI=1S/C13H18F2N4O/c14-13(15)20-10-1-4-17-12(7-10)19-6-2-9-8-18(16)5-3-11(9)19/h1,4,7,9,11,13H,2-3,5-6,8,16H2/t9-,11?/m1/s1. The Morgan fingerprint density at radius 2 is 2.20 bits per heavy atom. The Morgan fingerprint density at radius 3 is 3.00 bits per heavy atom. The fourth-order valence-corrected chi connectivity index (χ4v) is 3.23. The van der Waals surface area contributed by atoms with Crippen molar-refractivity contribution in [3.05, 3.63) is 18.3 Å². The Kier molecular flexibility index (Phi) is 3.71. The summed E-state index contributed by atoms with van der Waals surface area (Å²) in [6, 6.07) is 3.43. The second-order valence-electron chi connectivity index (χ2n) is 5.32. The first-order chi connectivity index (χ1) is 9.63. The monoisotopic (exact) mass is 284 g/mol. The summed E-state index contributed by atoms with van der Waals surface area (Å²) in [7, 11) is 0. The third-order valence-corrected chi connectivity index (χ3v) is 4.10. The summed E-state index contributed by atoms with van der Waals surface area (Å²) in [6.07, 6.45) is 3.54. The number of halogens is 2. The van der Waals surface area contributed by atoms with E-state index in [1.54, 1.807) is 6.07 Å². The zero-order chi connectivity index (χ0) is 14.1. The highest BCUT2D eigenvalue weighted by Crippen LogP contribution is 2.34. The number of rotatable bonds is 3. The molecule has 0 radical (unpaired) electrons. The highest BCUT2D eigenvalue weighted by molar-refractivity contribution is 5.46. The van der Waals surface area contributed by atoms with Gasteiger partial charge in [0.2, 0.25) is 0 Å². The lowest BCUT2D eigenvalue weighted by atomic mass is 9.94. The van der Waals surface area contributed by atoms with Crippen LogP contribution in [0.15, 0.2) is 18.3 Å². The molecular weight excluding hydrogens is 266 g/mol. The normalized spacial score (nSPS) is 26.9. The van der Waals surface area contributed by atoms with Crippen molar-refractivity contribution in [1.82, 2.24) is 9.99 Å². The van der Waals surface area contributed by atoms with Crippen molar-refractivity contribution in [3.63, 3.8) is 0 Å². The molecule has 1 unspecified atom stereocenters. The molecule has 3 heterocycles. The number of nitrogens with zero attached hydrogens (tertiary/aromatic N) is 3. The average molecular weight is 284 g/mol. The molecule has 1 aromatic rings. The zero-order valence-corrected chi connectivity index (χ0v) is 11.1. The van der Waals surface area contributed by atoms with E-state index in [9.17, 15) is 8.78 Å². The maximum atomic E-state index is 12.3. The van der Waals surface area contributed by atoms with Gasteiger partial charge in [-0.05, 0) is 24.8 Å². The van der Waals surface area contributed by atoms with E-state index in [4.69, 9.17) is 5.84 Å². The van der Waals surface area contributed by atoms with E-state index in [-0.39, 0.29) is 5.75 Å². The molecule has 110 valence electrons. The topological polar surface area (TPSA) is 54.6 Å². The van der Waals surface area contributed by atoms with E-state index in [0.717, 1.165) is 32.5 Å². The zero-order valence-electron chi connectivity index (χ0n) is 11.1. The van der Waals surface area contributed by atoms with Gasteiger partial charge < -0.3 is 9.64 Å². The van der Waals surface area contributed by atoms with Gasteiger partial charge in [-0.25, -0.2) is 9.99 Å². The van der Waals surface area contributed by atoms with Crippen LogP contribution < -0.4 is 15.5 Å². The van der Waals surface area contributed by atoms with Gasteiger partial charge in [0.05, 0.1) is 0 Å². The molecule has 2 fully saturated rings. The molecule has 2 aliphatic heterocycles. The minimum Gasteiger partial charge on any atom is -0.435 e. The second-order valence-corrected chi connectivity index (χ2v) is 5.32. The second kappa shape index (κ2) is 5.49. The number of fused-ring (bicyclic) bond motifs is 1. The number of piperidine rings is 1. The van der Waals surface area contributed by atoms with Gasteiger partial charge in [-0.15, -0.1) is 0 Å². The molecule has 2 saturated heterocycles. The number of alkyl halides is 2. The predicted molar refractivity (Wildman–Crippen MR) is 70.5 cm³/mol. The summed E-state index contributed by atoms with van der Waals surface area (Å²) < 4.78 is 29.0. The largest absolute Gasteiger partial charge is 0.435 e. The molecule has 7 heteroatoms. The van der Waals surface area contributed by atoms with Crippen molar-refractivity contribution in [2.45, 2.75) is 25.5 Å². The van der Waals surface area contributed by atoms with Crippen molar-refractivity contribution >= 4 is 5.82 Å². The van der Waals surface area contributed by atoms with Crippen molar-refractivity contribution in [1.29, 1.82) is 0 Å². The van der Waals surface area contributed by atoms with E-state index >= 15 is 0 Å². The molecule has 2 aliphatic rings. The number of anilines is 1. The maximum Gasteiger partial charge on any atom is 0.387 e. The molecule has 0 aliphatic carbocycles. The first-order valence-electron chi connectivity index (χ1n) is 6.80. The lowest BCUT2D eigenvalue weighted by Gasteiger charge is -2.36. The van der Waals surface area contributed by atoms with Crippen LogP contribution in [0.25, 0.3) is 0 Å². The van der Waals surface area contributed by atoms with Gasteiger partial charge in [0.25, 0.3) is 0 Å². The Hall–Kier alpha value is -1.47. The Labute approximate surface area is 116 Å². The summed E-state index contributed by atoms with van der Waals surface area (Å²) in [5.74, 6) is 7.24. The molecule has 0 bridgehead atoms. The van der Waals surface area contributed by atoms with Crippen molar-refractivity contribution in [3.8, 4) is 5.75 Å². The number of pyridine rings is 1. The summed E-state index contributed by atoms with van der Waals surface area (Å²) in [5, 5.41) is 1.86. The van der Waals surface area contributed by atoms with Crippen LogP contribution in [0.2, 0.25) is 0 Å². The molecule has 0 spiro atoms. The molecule has 2 atom stereocenters. The lowest BCUT2D eigenvalue weighted by molar-refractivity contribution is -0.0498. The van der Waals surface area contributed by atoms with Gasteiger partial charge in [0.1, 0.15) is 11.6 Å². The molecule has 0 amide bonds. The number of hydrogen-bond acceptors (Lipinski definition) is 5. The van der Waals surface area contributed by atoms with Crippen LogP contribution in [-0.4, -0.2) is 42.3 Å². The van der Waals surface area contributed by atoms with Crippen LogP contribution in [0.5, 0.6) is 5.75 Å². The van der Waals surface area contributed by atoms with E-state index in [1.165, 1.54) is 12.3 Å². The molecular formula is C13H18F2N4O. The molecule has 1 aromatic heterocycles. The van der Waals surface area contributed by atoms with Crippen LogP contribution in [-0.2, 0) is 0 Å². The smallest absolute Gasteiger partial charge is 0.387 e. The molecule has 20 heavy (non-hydrogen) atoms. The minimum atomic E-state index is -2.81. The third-order valence-electron chi connectivity index (χ3n) is 4.10. The number of nitrogens with two attached hydrogens (primary N) is 1. The van der Waals surface area contributed by atoms with Gasteiger partial charge >= 0.3 is 6.61 Å². The maximum absolute atomic E-state index is 12.3. The van der Waals surface area contributed by atoms with Gasteiger partial charge in [-0.3, -0.25) is 5.84 Å². The minimum absolute atomic E-state index is 0.157. The van der Waals surface area contributed by atoms with Gasteiger partial charge in [-0.1, -0.05) is 0 Å². The molecule has 3 rings (SSSR count). The molecule has 5 nitrogen and oxygen atoms in total. The lowest BCUT2D eigenvalue weighted by Crippen LogP contribution is -2.48. The summed E-state index contributed by atoms with van der Waals surface area (Å²) in [5.41, 5.74) is 0. The van der Waals surface area contributed by atoms with Crippen molar-refractivity contribution in [2.24, 2.45) is 11.8 Å². The van der Waals surface area contributed by atoms with E-state index < -0.39 is 6.61 Å². The van der Waals surface area contributed by atoms with Crippen molar-refractivity contribution < 1.29 is 13.5 Å². The molecule has 2 N–H and O–H groups in total. The van der Waals surface area contributed by atoms with E-state index in [2.05, 4.69) is 14.6 Å². The van der Waals surface area contributed by atoms with Crippen LogP contribution in [0, 0.1) is 5.92 Å². The summed E-state index contributed by atoms with van der Waals surface area (Å²) >= 11 is 0. The number of ether oxygens (including phenoxy) is 1. The van der Waals surface area contributed by atoms with E-state index in [1.807, 2.05) is 5.01 Å². The first kappa shape index (κ1) is 13.5. The highest BCUT2D eigenvalue weighted by Gasteiger charge is 2.38. The predicted octanol–water partition coefficient (Wildman–Crippen LogP) is 1.46. The van der Waals surface area contributed by atoms with Gasteiger partial charge in [-0.2, -0.15) is 8.78 Å². The number of hydrogen-bond donors (Lipinski definition) is 1. The van der Waals surface area contributed by atoms with Gasteiger partial charge in [0.15, 0.2) is 0 Å². The molecule has 0 aromatic carbocycles. The quantitative estimate of drug-likeness (QED) is 0.852. The number of hydrazine groups is 1. The fourth-order valence-electron chi connectivity index (χ4n) is 3.23. The van der Waals surface area contributed by atoms with Crippen LogP contribution in [0.4, 0.5) is 14.6 Å². The first-order valence-corrected chi connectivity index (χ1v) is 6.80. The Morgan fingerprint density at radius 1 is 1.35 bits per heavy atom. The highest BCUT2D eigenvalue weighted by atomic mass is 19.3. The fraction of sp³-hybridized carbons (Fsp3) is 0.615. The Balaban J connectivity index is 1.76. The third kappa shape index (κ3) is 2.69. The summed E-state index contributed by atoms with van der Waals surface area (Å²) in [6.45, 7) is -0.190. The van der Waals surface area contributed by atoms with E-state index in [0.29, 0.717) is 17.8 Å². The summed E-state index contributed by atoms with van der Waals surface area (Å²) in [4.78, 5) is 6.49. The Bertz CT molecular complexity index is 473.